The van der Waals surface area contributed by atoms with E-state index in [0.717, 1.165) is 0 Å². The van der Waals surface area contributed by atoms with Crippen LogP contribution in [0.4, 0.5) is 0 Å². The number of hydrogen-bond donors (Lipinski definition) is 2. The third-order valence-electron chi connectivity index (χ3n) is 2.75. The van der Waals surface area contributed by atoms with Gasteiger partial charge in [-0.3, -0.25) is 0 Å². The SMILES string of the molecule is CCC(C)C(C)NC(C)C(C)O. The Balaban J connectivity index is 3.75. The summed E-state index contributed by atoms with van der Waals surface area (Å²) in [5, 5.41) is 12.6. The zero-order chi connectivity index (χ0) is 9.72. The maximum absolute atomic E-state index is 9.26. The Bertz CT molecular complexity index is 114. The molecule has 0 saturated heterocycles. The second-order valence-corrected chi connectivity index (χ2v) is 3.87. The van der Waals surface area contributed by atoms with E-state index >= 15 is 0 Å². The zero-order valence-electron chi connectivity index (χ0n) is 8.96. The minimum Gasteiger partial charge on any atom is -0.392 e. The molecule has 0 fully saturated rings. The lowest BCUT2D eigenvalue weighted by Crippen LogP contribution is -2.43. The maximum atomic E-state index is 9.26. The summed E-state index contributed by atoms with van der Waals surface area (Å²) in [7, 11) is 0. The van der Waals surface area contributed by atoms with E-state index in [1.807, 2.05) is 13.8 Å². The first-order valence-electron chi connectivity index (χ1n) is 4.93. The molecule has 2 heteroatoms. The summed E-state index contributed by atoms with van der Waals surface area (Å²) < 4.78 is 0. The molecule has 4 atom stereocenters. The Morgan fingerprint density at radius 1 is 1.08 bits per heavy atom. The van der Waals surface area contributed by atoms with Crippen LogP contribution in [0, 0.1) is 5.92 Å². The molecule has 12 heavy (non-hydrogen) atoms. The second-order valence-electron chi connectivity index (χ2n) is 3.87. The number of aliphatic hydroxyl groups is 1. The molecule has 0 aromatic carbocycles. The maximum Gasteiger partial charge on any atom is 0.0662 e. The third-order valence-corrected chi connectivity index (χ3v) is 2.75. The molecule has 0 bridgehead atoms. The van der Waals surface area contributed by atoms with E-state index in [9.17, 15) is 5.11 Å². The van der Waals surface area contributed by atoms with E-state index in [2.05, 4.69) is 26.1 Å². The summed E-state index contributed by atoms with van der Waals surface area (Å²) >= 11 is 0. The highest BCUT2D eigenvalue weighted by molar-refractivity contribution is 4.74. The molecule has 0 aromatic rings. The fourth-order valence-corrected chi connectivity index (χ4v) is 1.07. The molecule has 0 rings (SSSR count). The minimum atomic E-state index is -0.267. The predicted octanol–water partition coefficient (Wildman–Crippen LogP) is 1.78. The first kappa shape index (κ1) is 11.9. The summed E-state index contributed by atoms with van der Waals surface area (Å²) in [6, 6.07) is 0.675. The van der Waals surface area contributed by atoms with Crippen LogP contribution in [0.2, 0.25) is 0 Å². The van der Waals surface area contributed by atoms with Crippen molar-refractivity contribution in [1.82, 2.24) is 5.32 Å². The number of rotatable bonds is 5. The lowest BCUT2D eigenvalue weighted by atomic mass is 9.99. The average molecular weight is 173 g/mol. The van der Waals surface area contributed by atoms with Gasteiger partial charge < -0.3 is 10.4 Å². The monoisotopic (exact) mass is 173 g/mol. The highest BCUT2D eigenvalue weighted by Crippen LogP contribution is 2.08. The van der Waals surface area contributed by atoms with Gasteiger partial charge in [-0.05, 0) is 26.7 Å². The van der Waals surface area contributed by atoms with Gasteiger partial charge in [-0.2, -0.15) is 0 Å². The summed E-state index contributed by atoms with van der Waals surface area (Å²) in [5.74, 6) is 0.672. The van der Waals surface area contributed by atoms with Crippen LogP contribution in [0.25, 0.3) is 0 Å². The van der Waals surface area contributed by atoms with Gasteiger partial charge in [0.05, 0.1) is 6.10 Å². The molecule has 2 N–H and O–H groups in total. The molecular weight excluding hydrogens is 150 g/mol. The van der Waals surface area contributed by atoms with Crippen molar-refractivity contribution in [2.45, 2.75) is 59.2 Å². The largest absolute Gasteiger partial charge is 0.392 e. The van der Waals surface area contributed by atoms with E-state index in [-0.39, 0.29) is 12.1 Å². The number of hydrogen-bond acceptors (Lipinski definition) is 2. The predicted molar refractivity (Wildman–Crippen MR) is 53.2 cm³/mol. The molecule has 4 unspecified atom stereocenters. The molecule has 74 valence electrons. The number of aliphatic hydroxyl groups excluding tert-OH is 1. The van der Waals surface area contributed by atoms with Crippen LogP contribution >= 0.6 is 0 Å². The van der Waals surface area contributed by atoms with Crippen molar-refractivity contribution in [3.63, 3.8) is 0 Å². The molecular formula is C10H23NO. The first-order valence-corrected chi connectivity index (χ1v) is 4.93. The van der Waals surface area contributed by atoms with Crippen LogP contribution in [0.3, 0.4) is 0 Å². The van der Waals surface area contributed by atoms with Crippen molar-refractivity contribution in [3.05, 3.63) is 0 Å². The Hall–Kier alpha value is -0.0800. The highest BCUT2D eigenvalue weighted by Gasteiger charge is 2.15. The minimum absolute atomic E-state index is 0.189. The van der Waals surface area contributed by atoms with E-state index in [0.29, 0.717) is 12.0 Å². The fraction of sp³-hybridized carbons (Fsp3) is 1.00. The Kier molecular flexibility index (Phi) is 5.51. The van der Waals surface area contributed by atoms with Crippen molar-refractivity contribution in [1.29, 1.82) is 0 Å². The van der Waals surface area contributed by atoms with E-state index < -0.39 is 0 Å². The van der Waals surface area contributed by atoms with Crippen molar-refractivity contribution < 1.29 is 5.11 Å². The molecule has 0 amide bonds. The Morgan fingerprint density at radius 2 is 1.58 bits per heavy atom. The summed E-state index contributed by atoms with van der Waals surface area (Å²) in [6.07, 6.45) is 0.914. The standard InChI is InChI=1S/C10H23NO/c1-6-7(2)8(3)11-9(4)10(5)12/h7-12H,6H2,1-5H3. The average Bonchev–Trinajstić information content (AvgIpc) is 2.02. The molecule has 0 heterocycles. The number of nitrogens with one attached hydrogen (secondary N) is 1. The van der Waals surface area contributed by atoms with Gasteiger partial charge in [0, 0.05) is 12.1 Å². The van der Waals surface area contributed by atoms with Gasteiger partial charge in [-0.15, -0.1) is 0 Å². The molecule has 0 radical (unpaired) electrons. The van der Waals surface area contributed by atoms with Gasteiger partial charge in [0.15, 0.2) is 0 Å². The van der Waals surface area contributed by atoms with Crippen molar-refractivity contribution in [3.8, 4) is 0 Å². The third kappa shape index (κ3) is 4.07. The molecule has 0 saturated carbocycles. The van der Waals surface area contributed by atoms with Crippen LogP contribution in [0.1, 0.15) is 41.0 Å². The van der Waals surface area contributed by atoms with Crippen LogP contribution in [0.15, 0.2) is 0 Å². The second kappa shape index (κ2) is 5.55. The Morgan fingerprint density at radius 3 is 1.92 bits per heavy atom. The molecule has 0 aliphatic heterocycles. The van der Waals surface area contributed by atoms with Gasteiger partial charge in [0.25, 0.3) is 0 Å². The van der Waals surface area contributed by atoms with E-state index in [4.69, 9.17) is 0 Å². The van der Waals surface area contributed by atoms with Crippen molar-refractivity contribution >= 4 is 0 Å². The quantitative estimate of drug-likeness (QED) is 0.664. The summed E-state index contributed by atoms with van der Waals surface area (Å²) in [6.45, 7) is 10.4. The summed E-state index contributed by atoms with van der Waals surface area (Å²) in [4.78, 5) is 0. The zero-order valence-corrected chi connectivity index (χ0v) is 8.96. The molecule has 0 spiro atoms. The normalized spacial score (nSPS) is 21.5. The fourth-order valence-electron chi connectivity index (χ4n) is 1.07. The molecule has 2 nitrogen and oxygen atoms in total. The van der Waals surface area contributed by atoms with Gasteiger partial charge in [-0.25, -0.2) is 0 Å². The van der Waals surface area contributed by atoms with Crippen LogP contribution in [-0.2, 0) is 0 Å². The Labute approximate surface area is 76.4 Å². The van der Waals surface area contributed by atoms with E-state index in [1.54, 1.807) is 0 Å². The lowest BCUT2D eigenvalue weighted by Gasteiger charge is -2.25. The summed E-state index contributed by atoms with van der Waals surface area (Å²) in [5.41, 5.74) is 0. The van der Waals surface area contributed by atoms with Crippen molar-refractivity contribution in [2.75, 3.05) is 0 Å². The van der Waals surface area contributed by atoms with Crippen molar-refractivity contribution in [2.24, 2.45) is 5.92 Å². The van der Waals surface area contributed by atoms with Crippen LogP contribution < -0.4 is 5.32 Å². The molecule has 0 aliphatic rings. The topological polar surface area (TPSA) is 32.3 Å². The molecule has 0 aliphatic carbocycles. The molecule has 0 aromatic heterocycles. The van der Waals surface area contributed by atoms with Gasteiger partial charge in [0.2, 0.25) is 0 Å². The van der Waals surface area contributed by atoms with Gasteiger partial charge in [0.1, 0.15) is 0 Å². The highest BCUT2D eigenvalue weighted by atomic mass is 16.3. The van der Waals surface area contributed by atoms with Crippen LogP contribution in [-0.4, -0.2) is 23.3 Å². The van der Waals surface area contributed by atoms with Gasteiger partial charge >= 0.3 is 0 Å². The lowest BCUT2D eigenvalue weighted by molar-refractivity contribution is 0.141. The smallest absolute Gasteiger partial charge is 0.0662 e. The van der Waals surface area contributed by atoms with Gasteiger partial charge in [-0.1, -0.05) is 20.3 Å². The first-order chi connectivity index (χ1) is 5.49. The van der Waals surface area contributed by atoms with E-state index in [1.165, 1.54) is 6.42 Å². The van der Waals surface area contributed by atoms with Crippen LogP contribution in [0.5, 0.6) is 0 Å².